The quantitative estimate of drug-likeness (QED) is 0.285. The molecule has 29 heavy (non-hydrogen) atoms. The molecule has 0 atom stereocenters. The highest BCUT2D eigenvalue weighted by Gasteiger charge is 2.11. The van der Waals surface area contributed by atoms with E-state index in [1.165, 1.54) is 41.4 Å². The predicted octanol–water partition coefficient (Wildman–Crippen LogP) is 2.89. The summed E-state index contributed by atoms with van der Waals surface area (Å²) in [4.78, 5) is 27.6. The van der Waals surface area contributed by atoms with Crippen LogP contribution in [0.3, 0.4) is 0 Å². The maximum absolute atomic E-state index is 11.9. The van der Waals surface area contributed by atoms with Crippen molar-refractivity contribution in [2.75, 3.05) is 18.2 Å². The predicted molar refractivity (Wildman–Crippen MR) is 112 cm³/mol. The molecule has 1 aromatic carbocycles. The van der Waals surface area contributed by atoms with E-state index in [2.05, 4.69) is 31.3 Å². The Morgan fingerprint density at radius 1 is 1.21 bits per heavy atom. The van der Waals surface area contributed by atoms with Crippen LogP contribution in [0.15, 0.2) is 46.9 Å². The molecule has 0 aliphatic rings. The Hall–Kier alpha value is -2.89. The lowest BCUT2D eigenvalue weighted by molar-refractivity contribution is -0.119. The first kappa shape index (κ1) is 20.8. The van der Waals surface area contributed by atoms with Crippen LogP contribution in [-0.4, -0.2) is 39.9 Å². The van der Waals surface area contributed by atoms with Crippen molar-refractivity contribution in [3.63, 3.8) is 0 Å². The van der Waals surface area contributed by atoms with Crippen molar-refractivity contribution in [1.82, 2.24) is 26.0 Å². The van der Waals surface area contributed by atoms with E-state index in [9.17, 15) is 9.59 Å². The number of carbonyl (C=O) groups is 2. The third-order valence-corrected chi connectivity index (χ3v) is 5.55. The molecule has 0 unspecified atom stereocenters. The second-order valence-electron chi connectivity index (χ2n) is 5.39. The summed E-state index contributed by atoms with van der Waals surface area (Å²) in [6.07, 6.45) is 1.32. The summed E-state index contributed by atoms with van der Waals surface area (Å²) in [5, 5.41) is 12.1. The maximum Gasteiger partial charge on any atom is 0.271 e. The van der Waals surface area contributed by atoms with Gasteiger partial charge < -0.3 is 10.1 Å². The molecule has 0 radical (unpaired) electrons. The molecular formula is C17H15ClN6O3S2. The van der Waals surface area contributed by atoms with Crippen LogP contribution >= 0.6 is 34.7 Å². The fourth-order valence-corrected chi connectivity index (χ4v) is 3.70. The number of benzene rings is 1. The average Bonchev–Trinajstić information content (AvgIpc) is 3.18. The van der Waals surface area contributed by atoms with Gasteiger partial charge in [0.25, 0.3) is 5.91 Å². The number of pyridine rings is 1. The highest BCUT2D eigenvalue weighted by atomic mass is 35.5. The van der Waals surface area contributed by atoms with Gasteiger partial charge >= 0.3 is 0 Å². The summed E-state index contributed by atoms with van der Waals surface area (Å²) < 4.78 is 5.79. The van der Waals surface area contributed by atoms with E-state index in [-0.39, 0.29) is 22.4 Å². The van der Waals surface area contributed by atoms with E-state index < -0.39 is 5.91 Å². The molecule has 2 aromatic heterocycles. The van der Waals surface area contributed by atoms with Gasteiger partial charge in [-0.25, -0.2) is 4.98 Å². The maximum atomic E-state index is 11.9. The van der Waals surface area contributed by atoms with Gasteiger partial charge in [-0.15, -0.1) is 10.2 Å². The number of halogens is 1. The van der Waals surface area contributed by atoms with Gasteiger partial charge in [0.1, 0.15) is 10.9 Å². The molecule has 9 nitrogen and oxygen atoms in total. The monoisotopic (exact) mass is 450 g/mol. The third kappa shape index (κ3) is 6.31. The molecule has 3 aromatic rings. The average molecular weight is 451 g/mol. The summed E-state index contributed by atoms with van der Waals surface area (Å²) in [7, 11) is 1.60. The Bertz CT molecular complexity index is 999. The normalized spacial score (nSPS) is 10.3. The van der Waals surface area contributed by atoms with E-state index in [4.69, 9.17) is 16.3 Å². The Kier molecular flexibility index (Phi) is 7.22. The van der Waals surface area contributed by atoms with Crippen LogP contribution in [0.25, 0.3) is 0 Å². The molecule has 12 heteroatoms. The van der Waals surface area contributed by atoms with Crippen LogP contribution < -0.4 is 20.9 Å². The number of thioether (sulfide) groups is 1. The zero-order valence-electron chi connectivity index (χ0n) is 15.0. The van der Waals surface area contributed by atoms with Gasteiger partial charge in [0, 0.05) is 18.0 Å². The molecule has 150 valence electrons. The smallest absolute Gasteiger partial charge is 0.271 e. The largest absolute Gasteiger partial charge is 0.497 e. The minimum Gasteiger partial charge on any atom is -0.497 e. The molecule has 0 fully saturated rings. The van der Waals surface area contributed by atoms with E-state index in [1.54, 1.807) is 7.11 Å². The molecule has 0 aliphatic heterocycles. The molecule has 0 spiro atoms. The van der Waals surface area contributed by atoms with E-state index in [1.807, 2.05) is 24.3 Å². The summed E-state index contributed by atoms with van der Waals surface area (Å²) in [5.41, 5.74) is 5.73. The zero-order chi connectivity index (χ0) is 20.6. The van der Waals surface area contributed by atoms with E-state index in [0.717, 1.165) is 11.4 Å². The summed E-state index contributed by atoms with van der Waals surface area (Å²) in [5.74, 6) is -0.0920. The number of nitrogens with zero attached hydrogens (tertiary/aromatic N) is 3. The lowest BCUT2D eigenvalue weighted by atomic mass is 10.3. The van der Waals surface area contributed by atoms with Crippen LogP contribution in [-0.2, 0) is 4.79 Å². The summed E-state index contributed by atoms with van der Waals surface area (Å²) >= 11 is 8.18. The first-order valence-corrected chi connectivity index (χ1v) is 10.3. The summed E-state index contributed by atoms with van der Waals surface area (Å²) in [6.45, 7) is 0. The third-order valence-electron chi connectivity index (χ3n) is 3.36. The fraction of sp³-hybridized carbons (Fsp3) is 0.118. The number of nitrogens with one attached hydrogen (secondary N) is 3. The van der Waals surface area contributed by atoms with Crippen LogP contribution in [0.1, 0.15) is 10.4 Å². The van der Waals surface area contributed by atoms with Crippen molar-refractivity contribution in [2.45, 2.75) is 4.34 Å². The Labute approximate surface area is 179 Å². The first-order valence-electron chi connectivity index (χ1n) is 8.11. The molecule has 0 saturated carbocycles. The van der Waals surface area contributed by atoms with E-state index >= 15 is 0 Å². The molecule has 3 rings (SSSR count). The van der Waals surface area contributed by atoms with Gasteiger partial charge in [-0.3, -0.25) is 20.4 Å². The molecular weight excluding hydrogens is 436 g/mol. The van der Waals surface area contributed by atoms with Crippen molar-refractivity contribution in [1.29, 1.82) is 0 Å². The highest BCUT2D eigenvalue weighted by Crippen LogP contribution is 2.28. The SMILES string of the molecule is COc1cccc(Nc2nnc(SCC(=O)NNC(=O)c3ccc(Cl)nc3)s2)c1. The Morgan fingerprint density at radius 2 is 2.07 bits per heavy atom. The van der Waals surface area contributed by atoms with Gasteiger partial charge in [-0.2, -0.15) is 0 Å². The van der Waals surface area contributed by atoms with Gasteiger partial charge in [-0.05, 0) is 24.3 Å². The molecule has 0 aliphatic carbocycles. The fourth-order valence-electron chi connectivity index (χ4n) is 2.02. The lowest BCUT2D eigenvalue weighted by Gasteiger charge is -2.06. The van der Waals surface area contributed by atoms with Crippen LogP contribution in [0.4, 0.5) is 10.8 Å². The van der Waals surface area contributed by atoms with Gasteiger partial charge in [-0.1, -0.05) is 40.8 Å². The molecule has 0 bridgehead atoms. The molecule has 0 saturated heterocycles. The van der Waals surface area contributed by atoms with E-state index in [0.29, 0.717) is 9.47 Å². The van der Waals surface area contributed by atoms with Gasteiger partial charge in [0.05, 0.1) is 18.4 Å². The highest BCUT2D eigenvalue weighted by molar-refractivity contribution is 8.01. The number of aromatic nitrogens is 3. The minimum atomic E-state index is -0.492. The number of rotatable bonds is 7. The van der Waals surface area contributed by atoms with Crippen molar-refractivity contribution >= 4 is 57.3 Å². The lowest BCUT2D eigenvalue weighted by Crippen LogP contribution is -2.42. The van der Waals surface area contributed by atoms with Gasteiger partial charge in [0.15, 0.2) is 4.34 Å². The van der Waals surface area contributed by atoms with Crippen molar-refractivity contribution in [3.05, 3.63) is 53.3 Å². The number of ether oxygens (including phenoxy) is 1. The number of methoxy groups -OCH3 is 1. The Morgan fingerprint density at radius 3 is 2.83 bits per heavy atom. The van der Waals surface area contributed by atoms with Crippen molar-refractivity contribution in [3.8, 4) is 5.75 Å². The Balaban J connectivity index is 1.44. The number of anilines is 2. The topological polar surface area (TPSA) is 118 Å². The van der Waals surface area contributed by atoms with Crippen LogP contribution in [0.2, 0.25) is 5.15 Å². The van der Waals surface area contributed by atoms with Crippen LogP contribution in [0.5, 0.6) is 5.75 Å². The first-order chi connectivity index (χ1) is 14.0. The second kappa shape index (κ2) is 10.0. The number of hydrogen-bond acceptors (Lipinski definition) is 9. The van der Waals surface area contributed by atoms with Crippen LogP contribution in [0, 0.1) is 0 Å². The number of hydrazine groups is 1. The summed E-state index contributed by atoms with van der Waals surface area (Å²) in [6, 6.07) is 10.4. The van der Waals surface area contributed by atoms with Gasteiger partial charge in [0.2, 0.25) is 11.0 Å². The molecule has 2 amide bonds. The second-order valence-corrected chi connectivity index (χ2v) is 7.98. The number of carbonyl (C=O) groups excluding carboxylic acids is 2. The number of hydrogen-bond donors (Lipinski definition) is 3. The van der Waals surface area contributed by atoms with Crippen molar-refractivity contribution in [2.24, 2.45) is 0 Å². The molecule has 3 N–H and O–H groups in total. The standard InChI is InChI=1S/C17H15ClN6O3S2/c1-27-12-4-2-3-11(7-12)20-16-23-24-17(29-16)28-9-14(25)21-22-15(26)10-5-6-13(18)19-8-10/h2-8H,9H2,1H3,(H,20,23)(H,21,25)(H,22,26). The zero-order valence-corrected chi connectivity index (χ0v) is 17.4. The van der Waals surface area contributed by atoms with Crippen molar-refractivity contribution < 1.29 is 14.3 Å². The molecule has 2 heterocycles. The minimum absolute atomic E-state index is 0.0624. The number of amides is 2.